The molecular weight excluding hydrogens is 587 g/mol. The van der Waals surface area contributed by atoms with E-state index in [4.69, 9.17) is 8.83 Å². The number of furan rings is 2. The van der Waals surface area contributed by atoms with Crippen LogP contribution in [0.25, 0.3) is 72.4 Å². The number of hydrogen-bond acceptors (Lipinski definition) is 3. The highest BCUT2D eigenvalue weighted by Crippen LogP contribution is 2.41. The topological polar surface area (TPSA) is 29.5 Å². The van der Waals surface area contributed by atoms with Gasteiger partial charge in [-0.25, -0.2) is 0 Å². The second kappa shape index (κ2) is 10.6. The number of rotatable bonds is 3. The number of fused-ring (bicyclic) bond motifs is 9. The van der Waals surface area contributed by atoms with Gasteiger partial charge >= 0.3 is 0 Å². The Bertz CT molecular complexity index is 2570. The molecule has 1 atom stereocenters. The molecule has 0 amide bonds. The van der Waals surface area contributed by atoms with Crippen LogP contribution in [0.5, 0.6) is 0 Å². The van der Waals surface area contributed by atoms with Gasteiger partial charge in [-0.05, 0) is 111 Å². The Balaban J connectivity index is 1.10. The minimum Gasteiger partial charge on any atom is -0.456 e. The molecule has 10 rings (SSSR count). The van der Waals surface area contributed by atoms with Crippen LogP contribution in [0.2, 0.25) is 0 Å². The molecule has 0 fully saturated rings. The fourth-order valence-corrected chi connectivity index (χ4v) is 7.84. The molecule has 2 aromatic heterocycles. The van der Waals surface area contributed by atoms with E-state index in [-0.39, 0.29) is 0 Å². The quantitative estimate of drug-likeness (QED) is 0.197. The monoisotopic (exact) mass is 619 g/mol. The van der Waals surface area contributed by atoms with E-state index in [1.165, 1.54) is 61.1 Å². The molecule has 0 radical (unpaired) electrons. The molecule has 1 unspecified atom stereocenters. The predicted molar refractivity (Wildman–Crippen MR) is 198 cm³/mol. The average molecular weight is 620 g/mol. The van der Waals surface area contributed by atoms with E-state index in [1.807, 2.05) is 12.1 Å². The zero-order chi connectivity index (χ0) is 31.8. The number of para-hydroxylation sites is 2. The lowest BCUT2D eigenvalue weighted by atomic mass is 9.90. The van der Waals surface area contributed by atoms with Gasteiger partial charge in [-0.3, -0.25) is 0 Å². The fraction of sp³-hybridized carbons (Fsp3) is 0.111. The third-order valence-electron chi connectivity index (χ3n) is 10.3. The fourth-order valence-electron chi connectivity index (χ4n) is 7.84. The van der Waals surface area contributed by atoms with Gasteiger partial charge in [0.05, 0.1) is 0 Å². The van der Waals surface area contributed by atoms with Crippen LogP contribution in [-0.2, 0) is 19.5 Å². The Hall–Kier alpha value is -5.80. The van der Waals surface area contributed by atoms with E-state index < -0.39 is 0 Å². The van der Waals surface area contributed by atoms with Crippen LogP contribution >= 0.6 is 0 Å². The first-order chi connectivity index (χ1) is 23.6. The van der Waals surface area contributed by atoms with Gasteiger partial charge in [0.25, 0.3) is 0 Å². The van der Waals surface area contributed by atoms with Crippen molar-refractivity contribution in [2.24, 2.45) is 5.92 Å². The average Bonchev–Trinajstić information content (AvgIpc) is 3.63. The Labute approximate surface area is 279 Å². The molecular formula is C45H33NO2. The molecule has 0 saturated heterocycles. The highest BCUT2D eigenvalue weighted by Gasteiger charge is 2.23. The van der Waals surface area contributed by atoms with E-state index in [1.54, 1.807) is 0 Å². The Morgan fingerprint density at radius 1 is 0.542 bits per heavy atom. The van der Waals surface area contributed by atoms with Gasteiger partial charge in [0.2, 0.25) is 0 Å². The highest BCUT2D eigenvalue weighted by molar-refractivity contribution is 6.06. The molecule has 8 aromatic rings. The summed E-state index contributed by atoms with van der Waals surface area (Å²) in [5.41, 5.74) is 15.4. The first-order valence-corrected chi connectivity index (χ1v) is 16.9. The third-order valence-corrected chi connectivity index (χ3v) is 10.3. The van der Waals surface area contributed by atoms with Crippen molar-refractivity contribution in [3.8, 4) is 33.4 Å². The highest BCUT2D eigenvalue weighted by atomic mass is 16.3. The molecule has 3 heteroatoms. The lowest BCUT2D eigenvalue weighted by Gasteiger charge is -2.24. The summed E-state index contributed by atoms with van der Waals surface area (Å²) in [7, 11) is 0. The molecule has 1 aliphatic heterocycles. The maximum Gasteiger partial charge on any atom is 0.135 e. The lowest BCUT2D eigenvalue weighted by molar-refractivity contribution is 0.584. The van der Waals surface area contributed by atoms with Crippen LogP contribution in [-0.4, -0.2) is 0 Å². The van der Waals surface area contributed by atoms with Gasteiger partial charge in [0.15, 0.2) is 0 Å². The van der Waals surface area contributed by atoms with Gasteiger partial charge in [0.1, 0.15) is 22.5 Å². The molecule has 3 heterocycles. The summed E-state index contributed by atoms with van der Waals surface area (Å²) in [4.78, 5) is 2.49. The zero-order valence-electron chi connectivity index (χ0n) is 26.7. The van der Waals surface area contributed by atoms with Gasteiger partial charge in [0, 0.05) is 40.5 Å². The standard InChI is InChI=1S/C45H33NO2/c1-28-11-19-43-40(21-28)38-18-15-32(25-45(38)48-43)30-12-13-33-26-46(35-7-3-2-4-8-35)27-34-22-29(14-17-36(34)39(33)23-30)31-16-20-44-41(24-31)37-9-5-6-10-42(37)47-44/h2-20,22-25,28H,21,26-27H2,1H3. The molecule has 1 aliphatic carbocycles. The molecule has 230 valence electrons. The Morgan fingerprint density at radius 2 is 1.27 bits per heavy atom. The number of nitrogens with zero attached hydrogens (tertiary/aromatic N) is 1. The van der Waals surface area contributed by atoms with Gasteiger partial charge in [-0.1, -0.05) is 91.9 Å². The van der Waals surface area contributed by atoms with Crippen molar-refractivity contribution < 1.29 is 8.83 Å². The minimum absolute atomic E-state index is 0.534. The molecule has 2 aliphatic rings. The van der Waals surface area contributed by atoms with E-state index >= 15 is 0 Å². The molecule has 0 saturated carbocycles. The lowest BCUT2D eigenvalue weighted by Crippen LogP contribution is -2.20. The number of benzene rings is 6. The summed E-state index contributed by atoms with van der Waals surface area (Å²) in [5.74, 6) is 1.54. The molecule has 0 N–H and O–H groups in total. The molecule has 0 bridgehead atoms. The van der Waals surface area contributed by atoms with Crippen LogP contribution in [0.15, 0.2) is 142 Å². The second-order valence-corrected chi connectivity index (χ2v) is 13.4. The summed E-state index contributed by atoms with van der Waals surface area (Å²) >= 11 is 0. The SMILES string of the molecule is CC1C=Cc2oc3cc(-c4ccc5c(c4)-c4ccc(-c6ccc7oc8ccccc8c7c6)cc4CN(c4ccccc4)C5)ccc3c2C1. The van der Waals surface area contributed by atoms with Gasteiger partial charge < -0.3 is 13.7 Å². The maximum absolute atomic E-state index is 6.35. The zero-order valence-corrected chi connectivity index (χ0v) is 26.7. The van der Waals surface area contributed by atoms with Crippen LogP contribution in [0.4, 0.5) is 5.69 Å². The summed E-state index contributed by atoms with van der Waals surface area (Å²) < 4.78 is 12.5. The first-order valence-electron chi connectivity index (χ1n) is 16.9. The molecule has 0 spiro atoms. The van der Waals surface area contributed by atoms with Crippen LogP contribution in [0.1, 0.15) is 29.4 Å². The van der Waals surface area contributed by atoms with Crippen molar-refractivity contribution in [2.45, 2.75) is 26.4 Å². The van der Waals surface area contributed by atoms with Crippen molar-refractivity contribution in [3.05, 3.63) is 156 Å². The van der Waals surface area contributed by atoms with Gasteiger partial charge in [-0.2, -0.15) is 0 Å². The van der Waals surface area contributed by atoms with Crippen LogP contribution in [0, 0.1) is 5.92 Å². The first kappa shape index (κ1) is 27.3. The van der Waals surface area contributed by atoms with Gasteiger partial charge in [-0.15, -0.1) is 0 Å². The molecule has 48 heavy (non-hydrogen) atoms. The van der Waals surface area contributed by atoms with Crippen LogP contribution in [0.3, 0.4) is 0 Å². The smallest absolute Gasteiger partial charge is 0.135 e. The number of allylic oxidation sites excluding steroid dienone is 1. The minimum atomic E-state index is 0.534. The van der Waals surface area contributed by atoms with E-state index in [2.05, 4.69) is 139 Å². The van der Waals surface area contributed by atoms with E-state index in [9.17, 15) is 0 Å². The summed E-state index contributed by atoms with van der Waals surface area (Å²) in [6.45, 7) is 3.93. The van der Waals surface area contributed by atoms with Crippen molar-refractivity contribution >= 4 is 44.7 Å². The normalized spacial score (nSPS) is 15.4. The molecule has 3 nitrogen and oxygen atoms in total. The summed E-state index contributed by atoms with van der Waals surface area (Å²) in [6, 6.07) is 46.4. The van der Waals surface area contributed by atoms with E-state index in [0.29, 0.717) is 5.92 Å². The maximum atomic E-state index is 6.35. The van der Waals surface area contributed by atoms with Crippen LogP contribution < -0.4 is 4.90 Å². The number of hydrogen-bond donors (Lipinski definition) is 0. The largest absolute Gasteiger partial charge is 0.456 e. The Morgan fingerprint density at radius 3 is 2.21 bits per heavy atom. The Kier molecular flexibility index (Phi) is 6.04. The summed E-state index contributed by atoms with van der Waals surface area (Å²) in [5, 5.41) is 3.54. The van der Waals surface area contributed by atoms with Crippen molar-refractivity contribution in [2.75, 3.05) is 4.90 Å². The summed E-state index contributed by atoms with van der Waals surface area (Å²) in [6.07, 6.45) is 5.42. The number of anilines is 1. The van der Waals surface area contributed by atoms with Crippen molar-refractivity contribution in [1.29, 1.82) is 0 Å². The second-order valence-electron chi connectivity index (χ2n) is 13.4. The van der Waals surface area contributed by atoms with E-state index in [0.717, 1.165) is 52.8 Å². The third kappa shape index (κ3) is 4.42. The molecule has 6 aromatic carbocycles. The van der Waals surface area contributed by atoms with Crippen molar-refractivity contribution in [3.63, 3.8) is 0 Å². The predicted octanol–water partition coefficient (Wildman–Crippen LogP) is 12.1. The van der Waals surface area contributed by atoms with Crippen molar-refractivity contribution in [1.82, 2.24) is 0 Å².